The minimum Gasteiger partial charge on any atom is -0.330 e. The van der Waals surface area contributed by atoms with Gasteiger partial charge in [-0.3, -0.25) is 9.59 Å². The third kappa shape index (κ3) is 1.82. The van der Waals surface area contributed by atoms with Crippen LogP contribution in [0.3, 0.4) is 0 Å². The van der Waals surface area contributed by atoms with Gasteiger partial charge in [0.25, 0.3) is 11.7 Å². The fraction of sp³-hybridized carbons (Fsp3) is 0.333. The van der Waals surface area contributed by atoms with Crippen LogP contribution in [-0.2, 0) is 4.79 Å². The summed E-state index contributed by atoms with van der Waals surface area (Å²) >= 11 is 0. The van der Waals surface area contributed by atoms with Crippen LogP contribution in [0.15, 0.2) is 18.2 Å². The molecule has 0 aromatic heterocycles. The van der Waals surface area contributed by atoms with E-state index in [1.807, 2.05) is 6.92 Å². The van der Waals surface area contributed by atoms with Crippen molar-refractivity contribution < 1.29 is 14.0 Å². The van der Waals surface area contributed by atoms with Crippen molar-refractivity contribution in [1.82, 2.24) is 0 Å². The van der Waals surface area contributed by atoms with E-state index in [4.69, 9.17) is 5.73 Å². The number of anilines is 1. The second-order valence-corrected chi connectivity index (χ2v) is 4.22. The first-order valence-electron chi connectivity index (χ1n) is 5.41. The maximum absolute atomic E-state index is 13.7. The van der Waals surface area contributed by atoms with Gasteiger partial charge >= 0.3 is 0 Å². The number of ketones is 1. The van der Waals surface area contributed by atoms with E-state index >= 15 is 0 Å². The van der Waals surface area contributed by atoms with Gasteiger partial charge < -0.3 is 10.6 Å². The molecule has 1 heterocycles. The molecule has 90 valence electrons. The van der Waals surface area contributed by atoms with Gasteiger partial charge in [-0.2, -0.15) is 0 Å². The summed E-state index contributed by atoms with van der Waals surface area (Å²) in [7, 11) is 0. The predicted molar refractivity (Wildman–Crippen MR) is 61.3 cm³/mol. The Morgan fingerprint density at radius 3 is 2.76 bits per heavy atom. The SMILES string of the molecule is CC(CN)CN1C(=O)C(=O)c2cccc(F)c21. The van der Waals surface area contributed by atoms with E-state index in [9.17, 15) is 14.0 Å². The molecule has 1 unspecified atom stereocenters. The zero-order chi connectivity index (χ0) is 12.6. The molecule has 2 N–H and O–H groups in total. The molecule has 5 heteroatoms. The van der Waals surface area contributed by atoms with E-state index in [1.165, 1.54) is 23.1 Å². The van der Waals surface area contributed by atoms with Gasteiger partial charge in [-0.1, -0.05) is 13.0 Å². The highest BCUT2D eigenvalue weighted by atomic mass is 19.1. The number of Topliss-reactive ketones (excluding diaryl/α,β-unsaturated/α-hetero) is 1. The minimum atomic E-state index is -0.676. The van der Waals surface area contributed by atoms with Crippen molar-refractivity contribution in [3.8, 4) is 0 Å². The second-order valence-electron chi connectivity index (χ2n) is 4.22. The minimum absolute atomic E-state index is 0.0114. The number of nitrogens with two attached hydrogens (primary N) is 1. The summed E-state index contributed by atoms with van der Waals surface area (Å²) < 4.78 is 13.7. The number of carbonyl (C=O) groups is 2. The molecule has 2 rings (SSSR count). The van der Waals surface area contributed by atoms with Gasteiger partial charge in [0.15, 0.2) is 0 Å². The monoisotopic (exact) mass is 236 g/mol. The third-order valence-corrected chi connectivity index (χ3v) is 2.84. The molecule has 4 nitrogen and oxygen atoms in total. The number of rotatable bonds is 3. The summed E-state index contributed by atoms with van der Waals surface area (Å²) in [6.07, 6.45) is 0. The Kier molecular flexibility index (Phi) is 2.93. The number of hydrogen-bond donors (Lipinski definition) is 1. The average molecular weight is 236 g/mol. The Morgan fingerprint density at radius 1 is 1.41 bits per heavy atom. The van der Waals surface area contributed by atoms with Crippen molar-refractivity contribution in [2.24, 2.45) is 11.7 Å². The highest BCUT2D eigenvalue weighted by Crippen LogP contribution is 2.31. The Hall–Kier alpha value is -1.75. The van der Waals surface area contributed by atoms with Crippen molar-refractivity contribution in [1.29, 1.82) is 0 Å². The van der Waals surface area contributed by atoms with E-state index < -0.39 is 17.5 Å². The van der Waals surface area contributed by atoms with Crippen molar-refractivity contribution >= 4 is 17.4 Å². The van der Waals surface area contributed by atoms with E-state index in [1.54, 1.807) is 0 Å². The molecule has 17 heavy (non-hydrogen) atoms. The molecular formula is C12H13FN2O2. The molecule has 1 atom stereocenters. The molecule has 1 aliphatic rings. The number of amides is 1. The number of halogens is 1. The Labute approximate surface area is 98.2 Å². The third-order valence-electron chi connectivity index (χ3n) is 2.84. The predicted octanol–water partition coefficient (Wildman–Crippen LogP) is 0.950. The lowest BCUT2D eigenvalue weighted by atomic mass is 10.1. The first-order chi connectivity index (χ1) is 8.06. The number of fused-ring (bicyclic) bond motifs is 1. The van der Waals surface area contributed by atoms with Gasteiger partial charge in [-0.05, 0) is 24.6 Å². The number of carbonyl (C=O) groups excluding carboxylic acids is 2. The summed E-state index contributed by atoms with van der Waals surface area (Å²) in [6, 6.07) is 4.13. The van der Waals surface area contributed by atoms with Crippen LogP contribution in [0, 0.1) is 11.7 Å². The highest BCUT2D eigenvalue weighted by Gasteiger charge is 2.38. The van der Waals surface area contributed by atoms with Gasteiger partial charge in [0, 0.05) is 6.54 Å². The highest BCUT2D eigenvalue weighted by molar-refractivity contribution is 6.52. The van der Waals surface area contributed by atoms with Crippen LogP contribution in [-0.4, -0.2) is 24.8 Å². The lowest BCUT2D eigenvalue weighted by Gasteiger charge is -2.20. The maximum atomic E-state index is 13.7. The molecule has 0 saturated carbocycles. The zero-order valence-electron chi connectivity index (χ0n) is 9.44. The first kappa shape index (κ1) is 11.7. The molecule has 1 amide bonds. The van der Waals surface area contributed by atoms with Crippen LogP contribution in [0.1, 0.15) is 17.3 Å². The van der Waals surface area contributed by atoms with Crippen LogP contribution in [0.4, 0.5) is 10.1 Å². The smallest absolute Gasteiger partial charge is 0.299 e. The largest absolute Gasteiger partial charge is 0.330 e. The average Bonchev–Trinajstić information content (AvgIpc) is 2.56. The van der Waals surface area contributed by atoms with E-state index in [0.29, 0.717) is 6.54 Å². The topological polar surface area (TPSA) is 63.4 Å². The quantitative estimate of drug-likeness (QED) is 0.795. The van der Waals surface area contributed by atoms with Crippen LogP contribution in [0.5, 0.6) is 0 Å². The molecule has 0 spiro atoms. The summed E-state index contributed by atoms with van der Waals surface area (Å²) in [5.74, 6) is -1.86. The van der Waals surface area contributed by atoms with Crippen molar-refractivity contribution in [3.63, 3.8) is 0 Å². The van der Waals surface area contributed by atoms with Crippen LogP contribution in [0.25, 0.3) is 0 Å². The van der Waals surface area contributed by atoms with Gasteiger partial charge in [-0.15, -0.1) is 0 Å². The molecule has 0 saturated heterocycles. The van der Waals surface area contributed by atoms with E-state index in [0.717, 1.165) is 0 Å². The molecule has 0 fully saturated rings. The zero-order valence-corrected chi connectivity index (χ0v) is 9.44. The summed E-state index contributed by atoms with van der Waals surface area (Å²) in [6.45, 7) is 2.48. The van der Waals surface area contributed by atoms with Crippen molar-refractivity contribution in [3.05, 3.63) is 29.6 Å². The molecule has 0 bridgehead atoms. The fourth-order valence-corrected chi connectivity index (χ4v) is 1.87. The maximum Gasteiger partial charge on any atom is 0.299 e. The number of benzene rings is 1. The normalized spacial score (nSPS) is 16.3. The van der Waals surface area contributed by atoms with Crippen LogP contribution in [0.2, 0.25) is 0 Å². The number of hydrogen-bond acceptors (Lipinski definition) is 3. The Bertz CT molecular complexity index is 487. The summed E-state index contributed by atoms with van der Waals surface area (Å²) in [5.41, 5.74) is 5.70. The van der Waals surface area contributed by atoms with Crippen LogP contribution >= 0.6 is 0 Å². The van der Waals surface area contributed by atoms with Gasteiger partial charge in [0.05, 0.1) is 11.3 Å². The first-order valence-corrected chi connectivity index (χ1v) is 5.41. The van der Waals surface area contributed by atoms with E-state index in [-0.39, 0.29) is 23.7 Å². The van der Waals surface area contributed by atoms with Crippen molar-refractivity contribution in [2.45, 2.75) is 6.92 Å². The lowest BCUT2D eigenvalue weighted by molar-refractivity contribution is -0.114. The van der Waals surface area contributed by atoms with E-state index in [2.05, 4.69) is 0 Å². The Morgan fingerprint density at radius 2 is 2.12 bits per heavy atom. The molecule has 0 radical (unpaired) electrons. The number of nitrogens with zero attached hydrogens (tertiary/aromatic N) is 1. The number of para-hydroxylation sites is 1. The summed E-state index contributed by atoms with van der Waals surface area (Å²) in [4.78, 5) is 24.6. The van der Waals surface area contributed by atoms with Gasteiger partial charge in [-0.25, -0.2) is 4.39 Å². The van der Waals surface area contributed by atoms with Gasteiger partial charge in [0.1, 0.15) is 5.82 Å². The standard InChI is InChI=1S/C12H13FN2O2/c1-7(5-14)6-15-10-8(11(16)12(15)17)3-2-4-9(10)13/h2-4,7H,5-6,14H2,1H3. The molecule has 1 aromatic rings. The van der Waals surface area contributed by atoms with Crippen molar-refractivity contribution in [2.75, 3.05) is 18.0 Å². The van der Waals surface area contributed by atoms with Gasteiger partial charge in [0.2, 0.25) is 0 Å². The molecule has 1 aromatic carbocycles. The molecule has 0 aliphatic carbocycles. The second kappa shape index (κ2) is 4.25. The lowest BCUT2D eigenvalue weighted by Crippen LogP contribution is -2.36. The fourth-order valence-electron chi connectivity index (χ4n) is 1.87. The molecule has 1 aliphatic heterocycles. The van der Waals surface area contributed by atoms with Crippen LogP contribution < -0.4 is 10.6 Å². The Balaban J connectivity index is 2.43. The summed E-state index contributed by atoms with van der Waals surface area (Å²) in [5, 5.41) is 0. The molecular weight excluding hydrogens is 223 g/mol.